The molecule has 1 N–H and O–H groups in total. The summed E-state index contributed by atoms with van der Waals surface area (Å²) in [4.78, 5) is 0. The molecule has 2 rings (SSSR count). The van der Waals surface area contributed by atoms with Crippen molar-refractivity contribution in [1.29, 1.82) is 5.26 Å². The molecule has 2 aromatic carbocycles. The highest BCUT2D eigenvalue weighted by molar-refractivity contribution is 6.36. The van der Waals surface area contributed by atoms with Crippen LogP contribution in [0.25, 0.3) is 0 Å². The van der Waals surface area contributed by atoms with Gasteiger partial charge in [0.2, 0.25) is 0 Å². The van der Waals surface area contributed by atoms with Crippen LogP contribution in [-0.4, -0.2) is 7.11 Å². The number of benzene rings is 2. The third-order valence-corrected chi connectivity index (χ3v) is 3.48. The molecule has 5 heteroatoms. The van der Waals surface area contributed by atoms with Crippen LogP contribution in [0.4, 0.5) is 5.69 Å². The molecule has 0 radical (unpaired) electrons. The summed E-state index contributed by atoms with van der Waals surface area (Å²) in [5, 5.41) is 13.4. The van der Waals surface area contributed by atoms with Crippen LogP contribution in [0.1, 0.15) is 11.6 Å². The second kappa shape index (κ2) is 6.51. The molecule has 1 atom stereocenters. The van der Waals surface area contributed by atoms with Crippen molar-refractivity contribution in [2.24, 2.45) is 0 Å². The van der Waals surface area contributed by atoms with E-state index in [-0.39, 0.29) is 0 Å². The Balaban J connectivity index is 2.27. The molecule has 0 spiro atoms. The molecule has 0 heterocycles. The van der Waals surface area contributed by atoms with Crippen LogP contribution in [-0.2, 0) is 0 Å². The van der Waals surface area contributed by atoms with Crippen molar-refractivity contribution in [3.63, 3.8) is 0 Å². The van der Waals surface area contributed by atoms with Crippen molar-refractivity contribution in [3.8, 4) is 11.8 Å². The summed E-state index contributed by atoms with van der Waals surface area (Å²) in [5.41, 5.74) is 1.36. The van der Waals surface area contributed by atoms with Gasteiger partial charge in [0.15, 0.2) is 0 Å². The molecule has 3 nitrogen and oxygen atoms in total. The normalized spacial score (nSPS) is 11.5. The van der Waals surface area contributed by atoms with Gasteiger partial charge in [-0.15, -0.1) is 0 Å². The van der Waals surface area contributed by atoms with Crippen LogP contribution in [0, 0.1) is 11.3 Å². The third kappa shape index (κ3) is 3.16. The van der Waals surface area contributed by atoms with Gasteiger partial charge in [-0.25, -0.2) is 0 Å². The smallest absolute Gasteiger partial charge is 0.143 e. The Bertz CT molecular complexity index is 615. The quantitative estimate of drug-likeness (QED) is 0.892. The molecule has 0 saturated carbocycles. The van der Waals surface area contributed by atoms with E-state index in [1.165, 1.54) is 0 Å². The minimum absolute atomic E-state index is 0.463. The molecule has 1 unspecified atom stereocenters. The molecule has 0 fully saturated rings. The SMILES string of the molecule is COc1ccc(NC(C#N)c2c(Cl)cccc2Cl)cc1. The van der Waals surface area contributed by atoms with Crippen molar-refractivity contribution in [1.82, 2.24) is 0 Å². The van der Waals surface area contributed by atoms with Crippen molar-refractivity contribution in [2.45, 2.75) is 6.04 Å². The first-order chi connectivity index (χ1) is 9.65. The lowest BCUT2D eigenvalue weighted by atomic mass is 10.1. The maximum absolute atomic E-state index is 9.34. The molecule has 2 aromatic rings. The van der Waals surface area contributed by atoms with Gasteiger partial charge < -0.3 is 10.1 Å². The number of rotatable bonds is 4. The van der Waals surface area contributed by atoms with Crippen LogP contribution in [0.5, 0.6) is 5.75 Å². The average Bonchev–Trinajstić information content (AvgIpc) is 2.46. The number of methoxy groups -OCH3 is 1. The summed E-state index contributed by atoms with van der Waals surface area (Å²) in [6, 6.07) is 14.0. The number of nitrogens with zero attached hydrogens (tertiary/aromatic N) is 1. The zero-order valence-corrected chi connectivity index (χ0v) is 12.2. The summed E-state index contributed by atoms with van der Waals surface area (Å²) in [7, 11) is 1.60. The molecule has 0 aliphatic rings. The Kier molecular flexibility index (Phi) is 4.73. The number of hydrogen-bond acceptors (Lipinski definition) is 3. The maximum atomic E-state index is 9.34. The predicted octanol–water partition coefficient (Wildman–Crippen LogP) is 4.68. The van der Waals surface area contributed by atoms with E-state index in [0.717, 1.165) is 11.4 Å². The van der Waals surface area contributed by atoms with Gasteiger partial charge in [0.25, 0.3) is 0 Å². The third-order valence-electron chi connectivity index (χ3n) is 2.82. The average molecular weight is 307 g/mol. The molecule has 102 valence electrons. The number of anilines is 1. The van der Waals surface area contributed by atoms with E-state index < -0.39 is 6.04 Å². The van der Waals surface area contributed by atoms with Gasteiger partial charge in [-0.05, 0) is 36.4 Å². The Morgan fingerprint density at radius 3 is 2.20 bits per heavy atom. The molecule has 0 aliphatic heterocycles. The standard InChI is InChI=1S/C15H12Cl2N2O/c1-20-11-7-5-10(6-8-11)19-14(9-18)15-12(16)3-2-4-13(15)17/h2-8,14,19H,1H3. The van der Waals surface area contributed by atoms with Crippen molar-refractivity contribution >= 4 is 28.9 Å². The zero-order valence-electron chi connectivity index (χ0n) is 10.7. The monoisotopic (exact) mass is 306 g/mol. The van der Waals surface area contributed by atoms with Crippen LogP contribution < -0.4 is 10.1 Å². The van der Waals surface area contributed by atoms with Gasteiger partial charge in [0.05, 0.1) is 13.2 Å². The van der Waals surface area contributed by atoms with Crippen LogP contribution in [0.2, 0.25) is 10.0 Å². The first-order valence-corrected chi connectivity index (χ1v) is 6.65. The minimum atomic E-state index is -0.621. The highest BCUT2D eigenvalue weighted by atomic mass is 35.5. The molecular formula is C15H12Cl2N2O. The van der Waals surface area contributed by atoms with Gasteiger partial charge in [0, 0.05) is 21.3 Å². The largest absolute Gasteiger partial charge is 0.497 e. The van der Waals surface area contributed by atoms with E-state index in [1.807, 2.05) is 24.3 Å². The molecule has 0 aromatic heterocycles. The van der Waals surface area contributed by atoms with Gasteiger partial charge in [-0.3, -0.25) is 0 Å². The number of nitriles is 1. The van der Waals surface area contributed by atoms with E-state index in [0.29, 0.717) is 15.6 Å². The summed E-state index contributed by atoms with van der Waals surface area (Å²) in [6.07, 6.45) is 0. The van der Waals surface area contributed by atoms with Crippen LogP contribution in [0.3, 0.4) is 0 Å². The second-order valence-electron chi connectivity index (χ2n) is 4.07. The molecule has 0 bridgehead atoms. The van der Waals surface area contributed by atoms with E-state index in [1.54, 1.807) is 25.3 Å². The lowest BCUT2D eigenvalue weighted by Crippen LogP contribution is -2.09. The van der Waals surface area contributed by atoms with Gasteiger partial charge in [-0.1, -0.05) is 29.3 Å². The molecule has 20 heavy (non-hydrogen) atoms. The lowest BCUT2D eigenvalue weighted by molar-refractivity contribution is 0.415. The first kappa shape index (κ1) is 14.5. The summed E-state index contributed by atoms with van der Waals surface area (Å²) in [6.45, 7) is 0. The number of halogens is 2. The van der Waals surface area contributed by atoms with Crippen molar-refractivity contribution in [3.05, 3.63) is 58.1 Å². The van der Waals surface area contributed by atoms with Crippen molar-refractivity contribution < 1.29 is 4.74 Å². The molecular weight excluding hydrogens is 295 g/mol. The Labute approximate surface area is 127 Å². The molecule has 0 saturated heterocycles. The lowest BCUT2D eigenvalue weighted by Gasteiger charge is -2.16. The fourth-order valence-corrected chi connectivity index (χ4v) is 2.43. The zero-order chi connectivity index (χ0) is 14.5. The fourth-order valence-electron chi connectivity index (χ4n) is 1.81. The second-order valence-corrected chi connectivity index (χ2v) is 4.88. The van der Waals surface area contributed by atoms with Gasteiger partial charge in [0.1, 0.15) is 11.8 Å². The topological polar surface area (TPSA) is 45.0 Å². The summed E-state index contributed by atoms with van der Waals surface area (Å²) >= 11 is 12.2. The van der Waals surface area contributed by atoms with E-state index in [2.05, 4.69) is 11.4 Å². The summed E-state index contributed by atoms with van der Waals surface area (Å²) in [5.74, 6) is 0.750. The van der Waals surface area contributed by atoms with Gasteiger partial charge >= 0.3 is 0 Å². The van der Waals surface area contributed by atoms with Crippen molar-refractivity contribution in [2.75, 3.05) is 12.4 Å². The van der Waals surface area contributed by atoms with Crippen LogP contribution in [0.15, 0.2) is 42.5 Å². The minimum Gasteiger partial charge on any atom is -0.497 e. The predicted molar refractivity (Wildman–Crippen MR) is 81.4 cm³/mol. The van der Waals surface area contributed by atoms with E-state index in [4.69, 9.17) is 27.9 Å². The van der Waals surface area contributed by atoms with E-state index >= 15 is 0 Å². The maximum Gasteiger partial charge on any atom is 0.143 e. The highest BCUT2D eigenvalue weighted by Crippen LogP contribution is 2.32. The Morgan fingerprint density at radius 2 is 1.70 bits per heavy atom. The molecule has 0 amide bonds. The Morgan fingerprint density at radius 1 is 1.10 bits per heavy atom. The molecule has 0 aliphatic carbocycles. The summed E-state index contributed by atoms with van der Waals surface area (Å²) < 4.78 is 5.09. The van der Waals surface area contributed by atoms with Crippen LogP contribution >= 0.6 is 23.2 Å². The Hall–Kier alpha value is -1.89. The highest BCUT2D eigenvalue weighted by Gasteiger charge is 2.17. The number of nitrogens with one attached hydrogen (secondary N) is 1. The first-order valence-electron chi connectivity index (χ1n) is 5.90. The number of ether oxygens (including phenoxy) is 1. The number of hydrogen-bond donors (Lipinski definition) is 1. The van der Waals surface area contributed by atoms with Gasteiger partial charge in [-0.2, -0.15) is 5.26 Å². The fraction of sp³-hybridized carbons (Fsp3) is 0.133. The van der Waals surface area contributed by atoms with E-state index in [9.17, 15) is 5.26 Å².